The number of aromatic nitrogens is 2. The van der Waals surface area contributed by atoms with Crippen LogP contribution >= 0.6 is 0 Å². The number of carbonyl (C=O) groups is 1. The van der Waals surface area contributed by atoms with Crippen LogP contribution in [0.3, 0.4) is 0 Å². The number of hydrogen-bond acceptors (Lipinski definition) is 5. The molecule has 25 heavy (non-hydrogen) atoms. The average molecular weight is 342 g/mol. The third-order valence-corrected chi connectivity index (χ3v) is 3.17. The number of anilines is 2. The zero-order valence-electron chi connectivity index (χ0n) is 12.7. The molecule has 0 unspecified atom stereocenters. The van der Waals surface area contributed by atoms with Crippen LogP contribution in [0, 0.1) is 11.6 Å². The largest absolute Gasteiger partial charge is 0.454 e. The van der Waals surface area contributed by atoms with E-state index in [1.54, 1.807) is 0 Å². The number of nitrogens with one attached hydrogen (secondary N) is 1. The number of rotatable bonds is 4. The Labute approximate surface area is 141 Å². The van der Waals surface area contributed by atoms with Crippen LogP contribution in [0.1, 0.15) is 10.4 Å². The molecular formula is C17H12F2N4O2. The highest BCUT2D eigenvalue weighted by molar-refractivity contribution is 6.05. The van der Waals surface area contributed by atoms with E-state index in [-0.39, 0.29) is 22.7 Å². The fourth-order valence-electron chi connectivity index (χ4n) is 2.09. The highest BCUT2D eigenvalue weighted by atomic mass is 19.1. The number of nitrogens with zero attached hydrogens (tertiary/aromatic N) is 2. The Hall–Kier alpha value is -3.55. The molecule has 1 amide bonds. The lowest BCUT2D eigenvalue weighted by atomic mass is 10.1. The molecule has 0 radical (unpaired) electrons. The van der Waals surface area contributed by atoms with Crippen LogP contribution in [0.4, 0.5) is 20.2 Å². The van der Waals surface area contributed by atoms with Crippen LogP contribution in [0.25, 0.3) is 0 Å². The van der Waals surface area contributed by atoms with Gasteiger partial charge in [-0.25, -0.2) is 18.7 Å². The monoisotopic (exact) mass is 342 g/mol. The molecule has 0 aliphatic rings. The van der Waals surface area contributed by atoms with Gasteiger partial charge in [-0.3, -0.25) is 4.79 Å². The van der Waals surface area contributed by atoms with Gasteiger partial charge in [0, 0.05) is 17.8 Å². The lowest BCUT2D eigenvalue weighted by molar-refractivity contribution is 0.102. The predicted octanol–water partition coefficient (Wildman–Crippen LogP) is 3.38. The van der Waals surface area contributed by atoms with Gasteiger partial charge in [0.15, 0.2) is 11.6 Å². The van der Waals surface area contributed by atoms with Gasteiger partial charge in [-0.05, 0) is 18.2 Å². The SMILES string of the molecule is Nc1cccc(C(=O)Nc2cc(F)cc(Oc3cncnc3)c2)c1F. The predicted molar refractivity (Wildman–Crippen MR) is 87.3 cm³/mol. The highest BCUT2D eigenvalue weighted by Gasteiger charge is 2.15. The Kier molecular flexibility index (Phi) is 4.51. The molecule has 1 aromatic heterocycles. The molecule has 126 valence electrons. The van der Waals surface area contributed by atoms with Gasteiger partial charge in [0.25, 0.3) is 5.91 Å². The number of benzene rings is 2. The number of nitrogen functional groups attached to an aromatic ring is 1. The Morgan fingerprint density at radius 2 is 1.84 bits per heavy atom. The summed E-state index contributed by atoms with van der Waals surface area (Å²) in [6, 6.07) is 7.66. The van der Waals surface area contributed by atoms with Crippen LogP contribution in [0.15, 0.2) is 55.1 Å². The molecule has 3 N–H and O–H groups in total. The van der Waals surface area contributed by atoms with Crippen molar-refractivity contribution in [1.82, 2.24) is 9.97 Å². The van der Waals surface area contributed by atoms with E-state index < -0.39 is 17.5 Å². The highest BCUT2D eigenvalue weighted by Crippen LogP contribution is 2.25. The molecule has 1 heterocycles. The van der Waals surface area contributed by atoms with Crippen LogP contribution in [-0.2, 0) is 0 Å². The smallest absolute Gasteiger partial charge is 0.258 e. The molecule has 0 fully saturated rings. The molecule has 2 aromatic carbocycles. The number of nitrogens with two attached hydrogens (primary N) is 1. The van der Waals surface area contributed by atoms with Gasteiger partial charge in [-0.2, -0.15) is 0 Å². The van der Waals surface area contributed by atoms with E-state index in [0.29, 0.717) is 5.75 Å². The van der Waals surface area contributed by atoms with E-state index in [0.717, 1.165) is 12.1 Å². The zero-order chi connectivity index (χ0) is 17.8. The first kappa shape index (κ1) is 16.3. The van der Waals surface area contributed by atoms with Gasteiger partial charge in [-0.1, -0.05) is 6.07 Å². The standard InChI is InChI=1S/C17H12F2N4O2/c18-10-4-11(6-12(5-10)25-13-7-21-9-22-8-13)23-17(24)14-2-1-3-15(20)16(14)19/h1-9H,20H2,(H,23,24). The molecule has 8 heteroatoms. The van der Waals surface area contributed by atoms with Crippen molar-refractivity contribution in [3.8, 4) is 11.5 Å². The van der Waals surface area contributed by atoms with E-state index in [2.05, 4.69) is 15.3 Å². The third-order valence-electron chi connectivity index (χ3n) is 3.17. The van der Waals surface area contributed by atoms with E-state index in [9.17, 15) is 13.6 Å². The van der Waals surface area contributed by atoms with Gasteiger partial charge >= 0.3 is 0 Å². The Morgan fingerprint density at radius 1 is 1.08 bits per heavy atom. The van der Waals surface area contributed by atoms with Gasteiger partial charge in [0.05, 0.1) is 23.6 Å². The molecule has 0 saturated carbocycles. The van der Waals surface area contributed by atoms with Gasteiger partial charge in [0.1, 0.15) is 17.9 Å². The quantitative estimate of drug-likeness (QED) is 0.710. The first-order chi connectivity index (χ1) is 12.0. The molecular weight excluding hydrogens is 330 g/mol. The summed E-state index contributed by atoms with van der Waals surface area (Å²) in [5, 5.41) is 2.41. The Morgan fingerprint density at radius 3 is 2.60 bits per heavy atom. The molecule has 6 nitrogen and oxygen atoms in total. The maximum Gasteiger partial charge on any atom is 0.258 e. The van der Waals surface area contributed by atoms with E-state index in [1.807, 2.05) is 0 Å². The lowest BCUT2D eigenvalue weighted by Crippen LogP contribution is -2.14. The molecule has 0 atom stereocenters. The van der Waals surface area contributed by atoms with Crippen LogP contribution in [0.2, 0.25) is 0 Å². The van der Waals surface area contributed by atoms with Crippen molar-refractivity contribution in [3.63, 3.8) is 0 Å². The molecule has 0 aliphatic heterocycles. The summed E-state index contributed by atoms with van der Waals surface area (Å²) in [7, 11) is 0. The molecule has 0 spiro atoms. The van der Waals surface area contributed by atoms with E-state index in [1.165, 1.54) is 43.0 Å². The summed E-state index contributed by atoms with van der Waals surface area (Å²) in [5.41, 5.74) is 5.14. The second-order valence-electron chi connectivity index (χ2n) is 5.01. The topological polar surface area (TPSA) is 90.1 Å². The summed E-state index contributed by atoms with van der Waals surface area (Å²) >= 11 is 0. The second-order valence-corrected chi connectivity index (χ2v) is 5.01. The number of halogens is 2. The maximum absolute atomic E-state index is 13.9. The van der Waals surface area contributed by atoms with Gasteiger partial charge < -0.3 is 15.8 Å². The van der Waals surface area contributed by atoms with Crippen molar-refractivity contribution < 1.29 is 18.3 Å². The Bertz CT molecular complexity index is 920. The van der Waals surface area contributed by atoms with Crippen molar-refractivity contribution in [3.05, 3.63) is 72.3 Å². The van der Waals surface area contributed by atoms with E-state index in [4.69, 9.17) is 10.5 Å². The fraction of sp³-hybridized carbons (Fsp3) is 0. The van der Waals surface area contributed by atoms with Crippen LogP contribution in [-0.4, -0.2) is 15.9 Å². The van der Waals surface area contributed by atoms with Crippen LogP contribution < -0.4 is 15.8 Å². The molecule has 0 aliphatic carbocycles. The number of hydrogen-bond donors (Lipinski definition) is 2. The van der Waals surface area contributed by atoms with Crippen molar-refractivity contribution in [2.75, 3.05) is 11.1 Å². The average Bonchev–Trinajstić information content (AvgIpc) is 2.57. The summed E-state index contributed by atoms with van der Waals surface area (Å²) in [6.07, 6.45) is 4.13. The summed E-state index contributed by atoms with van der Waals surface area (Å²) < 4.78 is 33.1. The first-order valence-corrected chi connectivity index (χ1v) is 7.12. The van der Waals surface area contributed by atoms with Crippen molar-refractivity contribution in [1.29, 1.82) is 0 Å². The fourth-order valence-corrected chi connectivity index (χ4v) is 2.09. The number of amides is 1. The Balaban J connectivity index is 1.83. The minimum atomic E-state index is -0.839. The van der Waals surface area contributed by atoms with E-state index >= 15 is 0 Å². The minimum Gasteiger partial charge on any atom is -0.454 e. The minimum absolute atomic E-state index is 0.0960. The first-order valence-electron chi connectivity index (χ1n) is 7.12. The van der Waals surface area contributed by atoms with Crippen molar-refractivity contribution in [2.24, 2.45) is 0 Å². The second kappa shape index (κ2) is 6.91. The molecule has 3 rings (SSSR count). The maximum atomic E-state index is 13.9. The lowest BCUT2D eigenvalue weighted by Gasteiger charge is -2.10. The summed E-state index contributed by atoms with van der Waals surface area (Å²) in [6.45, 7) is 0. The zero-order valence-corrected chi connectivity index (χ0v) is 12.7. The normalized spacial score (nSPS) is 10.3. The van der Waals surface area contributed by atoms with Crippen molar-refractivity contribution >= 4 is 17.3 Å². The van der Waals surface area contributed by atoms with Crippen LogP contribution in [0.5, 0.6) is 11.5 Å². The summed E-state index contributed by atoms with van der Waals surface area (Å²) in [5.74, 6) is -1.82. The number of carbonyl (C=O) groups excluding carboxylic acids is 1. The third kappa shape index (κ3) is 3.86. The van der Waals surface area contributed by atoms with Gasteiger partial charge in [0.2, 0.25) is 0 Å². The van der Waals surface area contributed by atoms with Crippen molar-refractivity contribution in [2.45, 2.75) is 0 Å². The van der Waals surface area contributed by atoms with Gasteiger partial charge in [-0.15, -0.1) is 0 Å². The molecule has 0 bridgehead atoms. The molecule has 3 aromatic rings. The number of ether oxygens (including phenoxy) is 1. The summed E-state index contributed by atoms with van der Waals surface area (Å²) in [4.78, 5) is 19.7. The molecule has 0 saturated heterocycles.